The molecule has 226 valence electrons. The van der Waals surface area contributed by atoms with Gasteiger partial charge in [0.15, 0.2) is 0 Å². The number of ether oxygens (including phenoxy) is 1. The Morgan fingerprint density at radius 3 is 2.14 bits per heavy atom. The lowest BCUT2D eigenvalue weighted by Crippen LogP contribution is -2.16. The molecule has 5 nitrogen and oxygen atoms in total. The van der Waals surface area contributed by atoms with Crippen LogP contribution in [0.1, 0.15) is 64.6 Å². The third kappa shape index (κ3) is 8.12. The summed E-state index contributed by atoms with van der Waals surface area (Å²) in [6, 6.07) is 17.0. The highest BCUT2D eigenvalue weighted by atomic mass is 35.5. The molecular weight excluding hydrogens is 600 g/mol. The first-order valence-electron chi connectivity index (χ1n) is 14.2. The number of rotatable bonds is 10. The summed E-state index contributed by atoms with van der Waals surface area (Å²) in [5.74, 6) is 0.799. The Balaban J connectivity index is 1.20. The van der Waals surface area contributed by atoms with E-state index in [0.29, 0.717) is 25.2 Å². The van der Waals surface area contributed by atoms with Crippen molar-refractivity contribution in [3.8, 4) is 5.75 Å². The van der Waals surface area contributed by atoms with Gasteiger partial charge in [-0.2, -0.15) is 13.2 Å². The molecule has 0 spiro atoms. The quantitative estimate of drug-likeness (QED) is 0.166. The lowest BCUT2D eigenvalue weighted by Gasteiger charge is -2.21. The molecule has 0 amide bonds. The third-order valence-electron chi connectivity index (χ3n) is 7.51. The molecule has 0 aliphatic heterocycles. The molecule has 0 atom stereocenters. The molecule has 3 aromatic carbocycles. The zero-order valence-corrected chi connectivity index (χ0v) is 24.9. The number of oxime groups is 2. The number of benzene rings is 3. The summed E-state index contributed by atoms with van der Waals surface area (Å²) in [6.07, 6.45) is 3.26. The van der Waals surface area contributed by atoms with Crippen LogP contribution in [0.25, 0.3) is 0 Å². The number of nitrogens with zero attached hydrogens (tertiary/aromatic N) is 2. The van der Waals surface area contributed by atoms with Crippen LogP contribution in [0.3, 0.4) is 0 Å². The van der Waals surface area contributed by atoms with Crippen LogP contribution in [0, 0.1) is 0 Å². The lowest BCUT2D eigenvalue weighted by molar-refractivity contribution is -0.137. The lowest BCUT2D eigenvalue weighted by atomic mass is 9.86. The highest BCUT2D eigenvalue weighted by molar-refractivity contribution is 6.55. The van der Waals surface area contributed by atoms with Crippen molar-refractivity contribution in [2.45, 2.75) is 57.7 Å². The fraction of sp³-hybridized carbons (Fsp3) is 0.333. The maximum Gasteiger partial charge on any atom is 0.416 e. The molecule has 0 N–H and O–H groups in total. The van der Waals surface area contributed by atoms with Crippen LogP contribution in [-0.4, -0.2) is 24.6 Å². The average Bonchev–Trinajstić information content (AvgIpc) is 2.99. The fourth-order valence-electron chi connectivity index (χ4n) is 5.44. The van der Waals surface area contributed by atoms with Gasteiger partial charge in [0.05, 0.1) is 17.0 Å². The molecule has 0 aromatic heterocycles. The third-order valence-corrected chi connectivity index (χ3v) is 7.82. The molecule has 10 heteroatoms. The minimum atomic E-state index is -4.36. The van der Waals surface area contributed by atoms with E-state index in [0.717, 1.165) is 84.5 Å². The summed E-state index contributed by atoms with van der Waals surface area (Å²) < 4.78 is 44.5. The number of alkyl halides is 3. The van der Waals surface area contributed by atoms with Gasteiger partial charge in [-0.1, -0.05) is 76.0 Å². The zero-order chi connectivity index (χ0) is 30.2. The SMILES string of the molecule is FC(F)(F)c1ccc(CO/N=C2\CCCc3c(CCO/N=C4\CCCc5c(OCC=C(Cl)Cl)cccc54)cccc32)cc1. The molecule has 5 rings (SSSR count). The van der Waals surface area contributed by atoms with E-state index in [-0.39, 0.29) is 11.1 Å². The average molecular weight is 632 g/mol. The molecule has 0 bridgehead atoms. The van der Waals surface area contributed by atoms with Gasteiger partial charge in [-0.15, -0.1) is 0 Å². The molecule has 3 aromatic rings. The Bertz CT molecular complexity index is 1510. The number of hydrogen-bond donors (Lipinski definition) is 0. The predicted octanol–water partition coefficient (Wildman–Crippen LogP) is 8.96. The zero-order valence-electron chi connectivity index (χ0n) is 23.4. The second-order valence-electron chi connectivity index (χ2n) is 10.4. The van der Waals surface area contributed by atoms with Crippen LogP contribution in [0.5, 0.6) is 5.75 Å². The second-order valence-corrected chi connectivity index (χ2v) is 11.4. The molecule has 0 fully saturated rings. The number of hydrogen-bond acceptors (Lipinski definition) is 5. The first-order chi connectivity index (χ1) is 20.8. The van der Waals surface area contributed by atoms with E-state index in [1.165, 1.54) is 23.3 Å². The molecule has 0 radical (unpaired) electrons. The second kappa shape index (κ2) is 14.3. The summed E-state index contributed by atoms with van der Waals surface area (Å²) in [5, 5.41) is 8.87. The standard InChI is InChI=1S/C33H31Cl2F3N2O3/c34-32(35)18-19-41-31-12-4-8-27-28(31)9-3-11-30(27)39-42-20-17-23-5-1-7-26-25(23)6-2-10-29(26)40-43-21-22-13-15-24(16-14-22)33(36,37)38/h1,4-5,7-8,12-16,18H,2-3,6,9-11,17,19-21H2/b39-30+,40-29+. The van der Waals surface area contributed by atoms with Crippen LogP contribution in [0.2, 0.25) is 0 Å². The van der Waals surface area contributed by atoms with Crippen LogP contribution < -0.4 is 4.74 Å². The first kappa shape index (κ1) is 31.0. The first-order valence-corrected chi connectivity index (χ1v) is 15.0. The van der Waals surface area contributed by atoms with Crippen LogP contribution in [-0.2, 0) is 41.7 Å². The molecule has 2 aliphatic carbocycles. The van der Waals surface area contributed by atoms with Gasteiger partial charge in [-0.3, -0.25) is 0 Å². The largest absolute Gasteiger partial charge is 0.489 e. The predicted molar refractivity (Wildman–Crippen MR) is 163 cm³/mol. The molecular formula is C33H31Cl2F3N2O3. The van der Waals surface area contributed by atoms with Gasteiger partial charge in [-0.05, 0) is 79.5 Å². The Morgan fingerprint density at radius 2 is 1.44 bits per heavy atom. The van der Waals surface area contributed by atoms with Crippen molar-refractivity contribution >= 4 is 34.6 Å². The Morgan fingerprint density at radius 1 is 0.791 bits per heavy atom. The van der Waals surface area contributed by atoms with Crippen molar-refractivity contribution in [3.63, 3.8) is 0 Å². The van der Waals surface area contributed by atoms with Gasteiger partial charge in [0.25, 0.3) is 0 Å². The highest BCUT2D eigenvalue weighted by Gasteiger charge is 2.30. The van der Waals surface area contributed by atoms with E-state index in [9.17, 15) is 13.2 Å². The van der Waals surface area contributed by atoms with Crippen LogP contribution in [0.4, 0.5) is 13.2 Å². The van der Waals surface area contributed by atoms with E-state index in [4.69, 9.17) is 37.6 Å². The van der Waals surface area contributed by atoms with Crippen molar-refractivity contribution in [1.82, 2.24) is 0 Å². The smallest absolute Gasteiger partial charge is 0.416 e. The van der Waals surface area contributed by atoms with Gasteiger partial charge >= 0.3 is 6.18 Å². The van der Waals surface area contributed by atoms with Gasteiger partial charge in [0, 0.05) is 23.1 Å². The molecule has 43 heavy (non-hydrogen) atoms. The van der Waals surface area contributed by atoms with E-state index in [2.05, 4.69) is 16.4 Å². The molecule has 0 heterocycles. The fourth-order valence-corrected chi connectivity index (χ4v) is 5.56. The topological polar surface area (TPSA) is 52.4 Å². The minimum absolute atomic E-state index is 0.0976. The summed E-state index contributed by atoms with van der Waals surface area (Å²) >= 11 is 11.4. The van der Waals surface area contributed by atoms with E-state index >= 15 is 0 Å². The monoisotopic (exact) mass is 630 g/mol. The van der Waals surface area contributed by atoms with Crippen molar-refractivity contribution < 1.29 is 27.6 Å². The molecule has 0 saturated heterocycles. The number of fused-ring (bicyclic) bond motifs is 2. The maximum absolute atomic E-state index is 12.8. The van der Waals surface area contributed by atoms with Gasteiger partial charge in [0.1, 0.15) is 30.1 Å². The number of halogens is 5. The van der Waals surface area contributed by atoms with Crippen molar-refractivity contribution in [1.29, 1.82) is 0 Å². The Hall–Kier alpha value is -3.49. The van der Waals surface area contributed by atoms with Gasteiger partial charge < -0.3 is 14.4 Å². The normalized spacial score (nSPS) is 16.4. The van der Waals surface area contributed by atoms with Crippen molar-refractivity contribution in [2.75, 3.05) is 13.2 Å². The maximum atomic E-state index is 12.8. The minimum Gasteiger partial charge on any atom is -0.489 e. The highest BCUT2D eigenvalue weighted by Crippen LogP contribution is 2.31. The van der Waals surface area contributed by atoms with Gasteiger partial charge in [-0.25, -0.2) is 0 Å². The molecule has 0 unspecified atom stereocenters. The van der Waals surface area contributed by atoms with E-state index in [1.807, 2.05) is 30.3 Å². The van der Waals surface area contributed by atoms with Gasteiger partial charge in [0.2, 0.25) is 0 Å². The van der Waals surface area contributed by atoms with E-state index in [1.54, 1.807) is 6.08 Å². The van der Waals surface area contributed by atoms with Crippen LogP contribution in [0.15, 0.2) is 81.5 Å². The summed E-state index contributed by atoms with van der Waals surface area (Å²) in [4.78, 5) is 11.4. The van der Waals surface area contributed by atoms with Crippen molar-refractivity contribution in [3.05, 3.63) is 110 Å². The molecule has 0 saturated carbocycles. The summed E-state index contributed by atoms with van der Waals surface area (Å²) in [6.45, 7) is 0.822. The summed E-state index contributed by atoms with van der Waals surface area (Å²) in [5.41, 5.74) is 7.29. The molecule has 2 aliphatic rings. The summed E-state index contributed by atoms with van der Waals surface area (Å²) in [7, 11) is 0. The Kier molecular flexibility index (Phi) is 10.3. The van der Waals surface area contributed by atoms with E-state index < -0.39 is 11.7 Å². The Labute approximate surface area is 258 Å². The van der Waals surface area contributed by atoms with Crippen molar-refractivity contribution in [2.24, 2.45) is 10.3 Å². The van der Waals surface area contributed by atoms with Crippen LogP contribution >= 0.6 is 23.2 Å².